The zero-order chi connectivity index (χ0) is 27.7. The minimum absolute atomic E-state index is 0.0568. The first-order valence-electron chi connectivity index (χ1n) is 11.9. The third kappa shape index (κ3) is 5.12. The fourth-order valence-electron chi connectivity index (χ4n) is 4.30. The van der Waals surface area contributed by atoms with E-state index in [1.54, 1.807) is 19.2 Å². The van der Waals surface area contributed by atoms with Crippen LogP contribution in [0.1, 0.15) is 16.7 Å². The molecule has 0 aliphatic heterocycles. The molecule has 10 nitrogen and oxygen atoms in total. The molecule has 0 radical (unpaired) electrons. The van der Waals surface area contributed by atoms with Crippen molar-refractivity contribution in [3.63, 3.8) is 0 Å². The van der Waals surface area contributed by atoms with E-state index in [0.717, 1.165) is 28.0 Å². The van der Waals surface area contributed by atoms with Gasteiger partial charge >= 0.3 is 5.56 Å². The van der Waals surface area contributed by atoms with E-state index in [1.807, 2.05) is 62.5 Å². The van der Waals surface area contributed by atoms with E-state index in [2.05, 4.69) is 20.3 Å². The number of benzene rings is 3. The highest BCUT2D eigenvalue weighted by atomic mass is 32.1. The number of aryl methyl sites for hydroxylation is 3. The van der Waals surface area contributed by atoms with Gasteiger partial charge in [0.15, 0.2) is 5.69 Å². The third-order valence-corrected chi connectivity index (χ3v) is 7.01. The van der Waals surface area contributed by atoms with Gasteiger partial charge in [0.1, 0.15) is 5.75 Å². The summed E-state index contributed by atoms with van der Waals surface area (Å²) in [6.07, 6.45) is 0. The van der Waals surface area contributed by atoms with Gasteiger partial charge in [-0.15, -0.1) is 21.6 Å². The Morgan fingerprint density at radius 1 is 0.949 bits per heavy atom. The Hall–Kier alpha value is -4.90. The number of thiazole rings is 1. The van der Waals surface area contributed by atoms with Crippen molar-refractivity contribution in [2.45, 2.75) is 20.8 Å². The van der Waals surface area contributed by atoms with Gasteiger partial charge in [0.2, 0.25) is 5.13 Å². The molecule has 3 aromatic carbocycles. The number of nitrogens with zero attached hydrogens (tertiary/aromatic N) is 5. The molecule has 11 heteroatoms. The molecule has 0 fully saturated rings. The average Bonchev–Trinajstić information content (AvgIpc) is 3.53. The summed E-state index contributed by atoms with van der Waals surface area (Å²) in [4.78, 5) is 29.0. The molecule has 5 rings (SSSR count). The Bertz CT molecular complexity index is 1740. The summed E-state index contributed by atoms with van der Waals surface area (Å²) in [5.41, 5.74) is 5.74. The Kier molecular flexibility index (Phi) is 6.90. The number of non-ortho nitro benzene ring substituents is 1. The third-order valence-electron chi connectivity index (χ3n) is 6.19. The van der Waals surface area contributed by atoms with Crippen molar-refractivity contribution in [2.75, 3.05) is 7.11 Å². The van der Waals surface area contributed by atoms with Crippen LogP contribution in [0.2, 0.25) is 0 Å². The molecule has 0 atom stereocenters. The second-order valence-electron chi connectivity index (χ2n) is 8.97. The van der Waals surface area contributed by atoms with E-state index in [-0.39, 0.29) is 11.4 Å². The van der Waals surface area contributed by atoms with Crippen LogP contribution in [0.15, 0.2) is 81.1 Å². The standard InChI is InChI=1S/C28H24N6O4S/c1-16-13-17(2)24(18(3)14-16)30-31-26-25(20-5-9-21(10-6-20)34(36)37)32-33(27(26)35)28-29-23(15-39-28)19-7-11-22(38-4)12-8-19/h5-15,32H,1-4H3. The average molecular weight is 541 g/mol. The topological polar surface area (TPSA) is 128 Å². The van der Waals surface area contributed by atoms with Crippen molar-refractivity contribution in [3.8, 4) is 33.4 Å². The lowest BCUT2D eigenvalue weighted by Crippen LogP contribution is -2.13. The highest BCUT2D eigenvalue weighted by Gasteiger charge is 2.20. The van der Waals surface area contributed by atoms with Crippen LogP contribution < -0.4 is 10.3 Å². The minimum atomic E-state index is -0.475. The van der Waals surface area contributed by atoms with Crippen molar-refractivity contribution in [1.82, 2.24) is 14.8 Å². The maximum Gasteiger partial charge on any atom is 0.301 e. The maximum atomic E-state index is 13.6. The quantitative estimate of drug-likeness (QED) is 0.132. The smallest absolute Gasteiger partial charge is 0.301 e. The van der Waals surface area contributed by atoms with Gasteiger partial charge in [0, 0.05) is 28.6 Å². The lowest BCUT2D eigenvalue weighted by Gasteiger charge is -2.05. The number of hydrogen-bond acceptors (Lipinski definition) is 8. The van der Waals surface area contributed by atoms with Crippen LogP contribution in [-0.4, -0.2) is 26.8 Å². The van der Waals surface area contributed by atoms with Crippen molar-refractivity contribution in [1.29, 1.82) is 0 Å². The van der Waals surface area contributed by atoms with E-state index < -0.39 is 10.5 Å². The fraction of sp³-hybridized carbons (Fsp3) is 0.143. The SMILES string of the molecule is COc1ccc(-c2csc(-n3[nH]c(-c4ccc([N+](=O)[O-])cc4)c(N=Nc4c(C)cc(C)cc4C)c3=O)n2)cc1. The molecule has 5 aromatic rings. The molecular formula is C28H24N6O4S. The van der Waals surface area contributed by atoms with Crippen LogP contribution in [0.5, 0.6) is 5.75 Å². The Morgan fingerprint density at radius 3 is 2.18 bits per heavy atom. The lowest BCUT2D eigenvalue weighted by atomic mass is 10.1. The Morgan fingerprint density at radius 2 is 1.56 bits per heavy atom. The molecule has 0 bridgehead atoms. The number of aromatic amines is 1. The predicted molar refractivity (Wildman–Crippen MR) is 151 cm³/mol. The molecule has 196 valence electrons. The lowest BCUT2D eigenvalue weighted by molar-refractivity contribution is -0.384. The summed E-state index contributed by atoms with van der Waals surface area (Å²) in [5, 5.41) is 25.3. The van der Waals surface area contributed by atoms with E-state index in [4.69, 9.17) is 4.74 Å². The highest BCUT2D eigenvalue weighted by Crippen LogP contribution is 2.33. The van der Waals surface area contributed by atoms with Crippen LogP contribution in [0.3, 0.4) is 0 Å². The summed E-state index contributed by atoms with van der Waals surface area (Å²) in [5.74, 6) is 0.733. The van der Waals surface area contributed by atoms with Crippen LogP contribution in [0.25, 0.3) is 27.6 Å². The fourth-order valence-corrected chi connectivity index (χ4v) is 5.09. The number of azo groups is 1. The number of methoxy groups -OCH3 is 1. The van der Waals surface area contributed by atoms with Crippen molar-refractivity contribution < 1.29 is 9.66 Å². The Labute approximate surface area is 227 Å². The zero-order valence-electron chi connectivity index (χ0n) is 21.6. The first-order valence-corrected chi connectivity index (χ1v) is 12.8. The zero-order valence-corrected chi connectivity index (χ0v) is 22.4. The molecule has 2 heterocycles. The number of ether oxygens (including phenoxy) is 1. The molecule has 0 amide bonds. The number of H-pyrrole nitrogens is 1. The monoisotopic (exact) mass is 540 g/mol. The van der Waals surface area contributed by atoms with Crippen LogP contribution in [-0.2, 0) is 0 Å². The van der Waals surface area contributed by atoms with Gasteiger partial charge in [-0.2, -0.15) is 4.68 Å². The molecule has 0 saturated carbocycles. The first kappa shape index (κ1) is 25.7. The molecule has 0 aliphatic rings. The number of hydrogen-bond donors (Lipinski definition) is 1. The summed E-state index contributed by atoms with van der Waals surface area (Å²) >= 11 is 1.29. The summed E-state index contributed by atoms with van der Waals surface area (Å²) < 4.78 is 6.54. The van der Waals surface area contributed by atoms with Gasteiger partial charge in [-0.25, -0.2) is 4.98 Å². The van der Waals surface area contributed by atoms with E-state index in [0.29, 0.717) is 27.8 Å². The number of nitro benzene ring substituents is 1. The minimum Gasteiger partial charge on any atom is -0.497 e. The molecule has 0 aliphatic carbocycles. The van der Waals surface area contributed by atoms with E-state index in [9.17, 15) is 14.9 Å². The maximum absolute atomic E-state index is 13.6. The van der Waals surface area contributed by atoms with Crippen molar-refractivity contribution >= 4 is 28.4 Å². The number of aromatic nitrogens is 3. The summed E-state index contributed by atoms with van der Waals surface area (Å²) in [6, 6.07) is 17.4. The van der Waals surface area contributed by atoms with E-state index in [1.165, 1.54) is 28.2 Å². The molecule has 0 saturated heterocycles. The summed E-state index contributed by atoms with van der Waals surface area (Å²) in [7, 11) is 1.60. The van der Waals surface area contributed by atoms with Crippen molar-refractivity contribution in [2.24, 2.45) is 10.2 Å². The van der Waals surface area contributed by atoms with E-state index >= 15 is 0 Å². The molecule has 0 spiro atoms. The number of nitrogens with one attached hydrogen (secondary N) is 1. The van der Waals surface area contributed by atoms with Crippen LogP contribution >= 0.6 is 11.3 Å². The molecular weight excluding hydrogens is 516 g/mol. The summed E-state index contributed by atoms with van der Waals surface area (Å²) in [6.45, 7) is 5.89. The largest absolute Gasteiger partial charge is 0.497 e. The van der Waals surface area contributed by atoms with Gasteiger partial charge in [-0.3, -0.25) is 20.0 Å². The number of nitro groups is 1. The normalized spacial score (nSPS) is 11.3. The van der Waals surface area contributed by atoms with Crippen LogP contribution in [0, 0.1) is 30.9 Å². The Balaban J connectivity index is 1.61. The second kappa shape index (κ2) is 10.5. The highest BCUT2D eigenvalue weighted by molar-refractivity contribution is 7.12. The predicted octanol–water partition coefficient (Wildman–Crippen LogP) is 7.21. The van der Waals surface area contributed by atoms with Gasteiger partial charge in [-0.05, 0) is 68.3 Å². The molecule has 2 aromatic heterocycles. The van der Waals surface area contributed by atoms with Crippen molar-refractivity contribution in [3.05, 3.63) is 103 Å². The number of rotatable bonds is 7. The molecule has 39 heavy (non-hydrogen) atoms. The van der Waals surface area contributed by atoms with Crippen LogP contribution in [0.4, 0.5) is 17.1 Å². The first-order chi connectivity index (χ1) is 18.7. The molecule has 1 N–H and O–H groups in total. The van der Waals surface area contributed by atoms with Gasteiger partial charge in [0.05, 0.1) is 29.1 Å². The van der Waals surface area contributed by atoms with Gasteiger partial charge in [0.25, 0.3) is 5.69 Å². The van der Waals surface area contributed by atoms with Gasteiger partial charge in [-0.1, -0.05) is 17.7 Å². The molecule has 0 unspecified atom stereocenters. The van der Waals surface area contributed by atoms with Gasteiger partial charge < -0.3 is 4.74 Å². The second-order valence-corrected chi connectivity index (χ2v) is 9.81.